The van der Waals surface area contributed by atoms with E-state index < -0.39 is 0 Å². The summed E-state index contributed by atoms with van der Waals surface area (Å²) in [5, 5.41) is 10.6. The number of furan rings is 2. The molecule has 0 saturated heterocycles. The first-order valence-electron chi connectivity index (χ1n) is 18.7. The van der Waals surface area contributed by atoms with Crippen molar-refractivity contribution in [2.75, 3.05) is 0 Å². The van der Waals surface area contributed by atoms with Gasteiger partial charge in [0, 0.05) is 38.2 Å². The molecule has 0 aliphatic rings. The van der Waals surface area contributed by atoms with Crippen LogP contribution in [-0.4, -0.2) is 4.57 Å². The SMILES string of the molecule is c1ccc(-c2coc3c2ccc2c4cc(-c5c6ccccc6c(-c6ccc7c(c6)c6ccccc6n7-c6ccccc6)c6ccccc56)ccc4oc23)cc1. The highest BCUT2D eigenvalue weighted by atomic mass is 16.4. The summed E-state index contributed by atoms with van der Waals surface area (Å²) in [4.78, 5) is 0. The van der Waals surface area contributed by atoms with E-state index in [9.17, 15) is 0 Å². The standard InChI is InChI=1S/C52H31NO2/c1-3-13-32(14-4-1)45-31-54-51-42(45)26-25-41-44-30-34(24-28-48(44)55-52(41)51)50-39-20-9-7-18-37(39)49(38-19-8-10-21-40(38)50)33-23-27-47-43(29-33)36-17-11-12-22-46(36)53(47)35-15-5-2-6-16-35/h1-31H. The molecule has 3 aromatic heterocycles. The van der Waals surface area contributed by atoms with Crippen molar-refractivity contribution in [3.8, 4) is 39.1 Å². The van der Waals surface area contributed by atoms with Crippen molar-refractivity contribution in [3.05, 3.63) is 188 Å². The Bertz CT molecular complexity index is 3420. The molecule has 12 rings (SSSR count). The fourth-order valence-corrected chi connectivity index (χ4v) is 9.06. The van der Waals surface area contributed by atoms with Crippen LogP contribution in [0.1, 0.15) is 0 Å². The first-order chi connectivity index (χ1) is 27.3. The number of benzene rings is 9. The van der Waals surface area contributed by atoms with E-state index in [0.29, 0.717) is 0 Å². The van der Waals surface area contributed by atoms with Crippen molar-refractivity contribution >= 4 is 76.3 Å². The van der Waals surface area contributed by atoms with Crippen LogP contribution in [0, 0.1) is 0 Å². The molecule has 0 spiro atoms. The van der Waals surface area contributed by atoms with Gasteiger partial charge in [-0.1, -0.05) is 127 Å². The van der Waals surface area contributed by atoms with Gasteiger partial charge in [0.15, 0.2) is 11.2 Å². The van der Waals surface area contributed by atoms with Crippen molar-refractivity contribution in [1.29, 1.82) is 0 Å². The van der Waals surface area contributed by atoms with Crippen molar-refractivity contribution < 1.29 is 8.83 Å². The van der Waals surface area contributed by atoms with E-state index in [4.69, 9.17) is 8.83 Å². The molecule has 256 valence electrons. The quantitative estimate of drug-likeness (QED) is 0.171. The summed E-state index contributed by atoms with van der Waals surface area (Å²) in [5.41, 5.74) is 13.0. The van der Waals surface area contributed by atoms with Crippen LogP contribution in [0.2, 0.25) is 0 Å². The third-order valence-corrected chi connectivity index (χ3v) is 11.5. The lowest BCUT2D eigenvalue weighted by atomic mass is 9.85. The van der Waals surface area contributed by atoms with Crippen molar-refractivity contribution in [2.45, 2.75) is 0 Å². The molecule has 0 unspecified atom stereocenters. The van der Waals surface area contributed by atoms with Gasteiger partial charge in [0.1, 0.15) is 5.58 Å². The van der Waals surface area contributed by atoms with E-state index in [1.54, 1.807) is 0 Å². The van der Waals surface area contributed by atoms with Crippen LogP contribution in [0.5, 0.6) is 0 Å². The van der Waals surface area contributed by atoms with E-state index in [0.717, 1.165) is 55.3 Å². The highest BCUT2D eigenvalue weighted by Crippen LogP contribution is 2.47. The van der Waals surface area contributed by atoms with Gasteiger partial charge < -0.3 is 13.4 Å². The predicted molar refractivity (Wildman–Crippen MR) is 229 cm³/mol. The molecule has 9 aromatic carbocycles. The molecule has 0 fully saturated rings. The Morgan fingerprint density at radius 2 is 0.891 bits per heavy atom. The monoisotopic (exact) mass is 701 g/mol. The number of nitrogens with zero attached hydrogens (tertiary/aromatic N) is 1. The van der Waals surface area contributed by atoms with Crippen LogP contribution in [0.4, 0.5) is 0 Å². The average molecular weight is 702 g/mol. The second-order valence-corrected chi connectivity index (χ2v) is 14.4. The zero-order valence-corrected chi connectivity index (χ0v) is 29.7. The molecule has 3 heteroatoms. The Labute approximate surface area is 315 Å². The average Bonchev–Trinajstić information content (AvgIpc) is 3.95. The molecule has 0 radical (unpaired) electrons. The molecule has 12 aromatic rings. The van der Waals surface area contributed by atoms with Gasteiger partial charge in [-0.05, 0) is 104 Å². The van der Waals surface area contributed by atoms with Crippen LogP contribution in [0.3, 0.4) is 0 Å². The van der Waals surface area contributed by atoms with E-state index in [1.165, 1.54) is 60.0 Å². The Morgan fingerprint density at radius 1 is 0.345 bits per heavy atom. The first-order valence-corrected chi connectivity index (χ1v) is 18.7. The smallest absolute Gasteiger partial charge is 0.178 e. The number of aromatic nitrogens is 1. The fraction of sp³-hybridized carbons (Fsp3) is 0. The van der Waals surface area contributed by atoms with Crippen LogP contribution in [0.25, 0.3) is 115 Å². The summed E-state index contributed by atoms with van der Waals surface area (Å²) in [5.74, 6) is 0. The summed E-state index contributed by atoms with van der Waals surface area (Å²) in [6.07, 6.45) is 1.84. The molecule has 55 heavy (non-hydrogen) atoms. The minimum Gasteiger partial charge on any atom is -0.460 e. The second kappa shape index (κ2) is 11.6. The maximum Gasteiger partial charge on any atom is 0.178 e. The molecular formula is C52H31NO2. The molecule has 0 amide bonds. The van der Waals surface area contributed by atoms with Crippen molar-refractivity contribution in [2.24, 2.45) is 0 Å². The Morgan fingerprint density at radius 3 is 1.58 bits per heavy atom. The molecule has 0 aliphatic heterocycles. The maximum absolute atomic E-state index is 6.56. The molecule has 0 atom stereocenters. The largest absolute Gasteiger partial charge is 0.460 e. The normalized spacial score (nSPS) is 12.0. The van der Waals surface area contributed by atoms with E-state index in [-0.39, 0.29) is 0 Å². The van der Waals surface area contributed by atoms with E-state index >= 15 is 0 Å². The molecule has 0 saturated carbocycles. The molecule has 0 N–H and O–H groups in total. The van der Waals surface area contributed by atoms with Gasteiger partial charge >= 0.3 is 0 Å². The van der Waals surface area contributed by atoms with Crippen molar-refractivity contribution in [3.63, 3.8) is 0 Å². The number of hydrogen-bond donors (Lipinski definition) is 0. The van der Waals surface area contributed by atoms with E-state index in [2.05, 4.69) is 180 Å². The summed E-state index contributed by atoms with van der Waals surface area (Å²) in [6, 6.07) is 65.5. The van der Waals surface area contributed by atoms with Crippen LogP contribution in [-0.2, 0) is 0 Å². The Kier molecular flexibility index (Phi) is 6.34. The van der Waals surface area contributed by atoms with Crippen molar-refractivity contribution in [1.82, 2.24) is 4.57 Å². The summed E-state index contributed by atoms with van der Waals surface area (Å²) < 4.78 is 15.1. The van der Waals surface area contributed by atoms with Crippen LogP contribution in [0.15, 0.2) is 197 Å². The molecule has 0 aliphatic carbocycles. The number of hydrogen-bond acceptors (Lipinski definition) is 2. The number of para-hydroxylation sites is 2. The Balaban J connectivity index is 1.08. The predicted octanol–water partition coefficient (Wildman–Crippen LogP) is 14.7. The van der Waals surface area contributed by atoms with Gasteiger partial charge in [0.25, 0.3) is 0 Å². The number of fused-ring (bicyclic) bond motifs is 10. The lowest BCUT2D eigenvalue weighted by Crippen LogP contribution is -1.93. The first kappa shape index (κ1) is 30.1. The number of rotatable bonds is 4. The highest BCUT2D eigenvalue weighted by molar-refractivity contribution is 6.23. The summed E-state index contributed by atoms with van der Waals surface area (Å²) >= 11 is 0. The molecular weight excluding hydrogens is 671 g/mol. The van der Waals surface area contributed by atoms with Gasteiger partial charge in [-0.2, -0.15) is 0 Å². The molecule has 3 nitrogen and oxygen atoms in total. The van der Waals surface area contributed by atoms with Gasteiger partial charge in [-0.3, -0.25) is 0 Å². The third-order valence-electron chi connectivity index (χ3n) is 11.5. The highest BCUT2D eigenvalue weighted by Gasteiger charge is 2.21. The van der Waals surface area contributed by atoms with E-state index in [1.807, 2.05) is 12.3 Å². The van der Waals surface area contributed by atoms with Gasteiger partial charge in [0.05, 0.1) is 17.3 Å². The maximum atomic E-state index is 6.56. The topological polar surface area (TPSA) is 31.2 Å². The van der Waals surface area contributed by atoms with Gasteiger partial charge in [0.2, 0.25) is 0 Å². The zero-order chi connectivity index (χ0) is 36.0. The lowest BCUT2D eigenvalue weighted by Gasteiger charge is -2.18. The lowest BCUT2D eigenvalue weighted by molar-refractivity contribution is 0.600. The second-order valence-electron chi connectivity index (χ2n) is 14.4. The van der Waals surface area contributed by atoms with Gasteiger partial charge in [-0.25, -0.2) is 0 Å². The summed E-state index contributed by atoms with van der Waals surface area (Å²) in [6.45, 7) is 0. The van der Waals surface area contributed by atoms with Gasteiger partial charge in [-0.15, -0.1) is 0 Å². The van der Waals surface area contributed by atoms with Crippen LogP contribution < -0.4 is 0 Å². The zero-order valence-electron chi connectivity index (χ0n) is 29.7. The third kappa shape index (κ3) is 4.38. The molecule has 0 bridgehead atoms. The molecule has 3 heterocycles. The minimum absolute atomic E-state index is 0.776. The summed E-state index contributed by atoms with van der Waals surface area (Å²) in [7, 11) is 0. The van der Waals surface area contributed by atoms with Crippen LogP contribution >= 0.6 is 0 Å². The minimum atomic E-state index is 0.776. The Hall–Kier alpha value is -7.36. The fourth-order valence-electron chi connectivity index (χ4n) is 9.06.